The zero-order chi connectivity index (χ0) is 24.1. The van der Waals surface area contributed by atoms with E-state index in [1.54, 1.807) is 29.2 Å². The molecule has 2 N–H and O–H groups in total. The van der Waals surface area contributed by atoms with Crippen molar-refractivity contribution in [1.29, 1.82) is 0 Å². The number of aromatic nitrogens is 2. The number of anilines is 3. The number of nitrogens with one attached hydrogen (secondary N) is 2. The smallest absolute Gasteiger partial charge is 0.234 e. The summed E-state index contributed by atoms with van der Waals surface area (Å²) in [7, 11) is 0. The Morgan fingerprint density at radius 1 is 1.06 bits per heavy atom. The van der Waals surface area contributed by atoms with Crippen molar-refractivity contribution in [3.8, 4) is 0 Å². The molecule has 0 spiro atoms. The van der Waals surface area contributed by atoms with Crippen LogP contribution in [0, 0.1) is 5.92 Å². The Morgan fingerprint density at radius 3 is 2.50 bits per heavy atom. The molecular weight excluding hydrogens is 474 g/mol. The molecule has 1 atom stereocenters. The lowest BCUT2D eigenvalue weighted by Crippen LogP contribution is -2.28. The van der Waals surface area contributed by atoms with Gasteiger partial charge >= 0.3 is 0 Å². The first-order valence-electron chi connectivity index (χ1n) is 10.4. The molecule has 11 heteroatoms. The highest BCUT2D eigenvalue weighted by atomic mass is 32.2. The first-order chi connectivity index (χ1) is 16.4. The highest BCUT2D eigenvalue weighted by Gasteiger charge is 2.35. The van der Waals surface area contributed by atoms with Crippen molar-refractivity contribution in [3.05, 3.63) is 60.2 Å². The van der Waals surface area contributed by atoms with E-state index in [1.165, 1.54) is 18.7 Å². The third-order valence-electron chi connectivity index (χ3n) is 5.10. The Labute approximate surface area is 204 Å². The number of benzene rings is 2. The molecule has 3 aromatic rings. The van der Waals surface area contributed by atoms with E-state index in [4.69, 9.17) is 0 Å². The predicted molar refractivity (Wildman–Crippen MR) is 131 cm³/mol. The van der Waals surface area contributed by atoms with Gasteiger partial charge in [0.1, 0.15) is 0 Å². The molecule has 34 heavy (non-hydrogen) atoms. The molecule has 2 aromatic carbocycles. The second kappa shape index (κ2) is 10.6. The Morgan fingerprint density at radius 2 is 1.79 bits per heavy atom. The lowest BCUT2D eigenvalue weighted by molar-refractivity contribution is -0.122. The zero-order valence-corrected chi connectivity index (χ0v) is 19.8. The van der Waals surface area contributed by atoms with Gasteiger partial charge in [0, 0.05) is 29.9 Å². The minimum absolute atomic E-state index is 0.0411. The van der Waals surface area contributed by atoms with Gasteiger partial charge in [-0.25, -0.2) is 0 Å². The second-order valence-corrected chi connectivity index (χ2v) is 9.77. The molecule has 1 fully saturated rings. The summed E-state index contributed by atoms with van der Waals surface area (Å²) in [6.07, 6.45) is 0.134. The zero-order valence-electron chi connectivity index (χ0n) is 18.2. The molecular formula is C23H21N5O4S2. The van der Waals surface area contributed by atoms with Gasteiger partial charge in [-0.05, 0) is 43.3 Å². The van der Waals surface area contributed by atoms with Crippen LogP contribution in [0.2, 0.25) is 0 Å². The van der Waals surface area contributed by atoms with Crippen molar-refractivity contribution in [2.75, 3.05) is 27.8 Å². The number of Topliss-reactive ketones (excluding diaryl/α,β-unsaturated/α-hetero) is 1. The first kappa shape index (κ1) is 23.6. The number of ketones is 1. The molecule has 0 aliphatic carbocycles. The molecule has 1 aromatic heterocycles. The van der Waals surface area contributed by atoms with Crippen molar-refractivity contribution < 1.29 is 19.2 Å². The van der Waals surface area contributed by atoms with Crippen LogP contribution < -0.4 is 15.5 Å². The fraction of sp³-hybridized carbons (Fsp3) is 0.217. The van der Waals surface area contributed by atoms with E-state index in [1.807, 2.05) is 30.3 Å². The topological polar surface area (TPSA) is 121 Å². The fourth-order valence-electron chi connectivity index (χ4n) is 3.38. The van der Waals surface area contributed by atoms with Gasteiger partial charge in [0.25, 0.3) is 0 Å². The van der Waals surface area contributed by atoms with Crippen LogP contribution in [0.15, 0.2) is 58.9 Å². The van der Waals surface area contributed by atoms with E-state index >= 15 is 0 Å². The van der Waals surface area contributed by atoms with Crippen LogP contribution in [0.4, 0.5) is 16.5 Å². The summed E-state index contributed by atoms with van der Waals surface area (Å²) in [6, 6.07) is 15.9. The average molecular weight is 496 g/mol. The minimum atomic E-state index is -0.479. The summed E-state index contributed by atoms with van der Waals surface area (Å²) in [5.74, 6) is -1.02. The fourth-order valence-corrected chi connectivity index (χ4v) is 4.93. The van der Waals surface area contributed by atoms with E-state index in [0.717, 1.165) is 17.0 Å². The molecule has 0 radical (unpaired) electrons. The van der Waals surface area contributed by atoms with E-state index < -0.39 is 5.92 Å². The average Bonchev–Trinajstić information content (AvgIpc) is 3.45. The molecule has 1 aliphatic rings. The molecule has 1 aliphatic heterocycles. The maximum Gasteiger partial charge on any atom is 0.234 e. The molecule has 1 saturated heterocycles. The van der Waals surface area contributed by atoms with Crippen molar-refractivity contribution in [2.24, 2.45) is 5.92 Å². The van der Waals surface area contributed by atoms with Crippen LogP contribution in [0.5, 0.6) is 0 Å². The first-order valence-corrected chi connectivity index (χ1v) is 12.2. The van der Waals surface area contributed by atoms with E-state index in [-0.39, 0.29) is 35.7 Å². The molecule has 1 unspecified atom stereocenters. The molecule has 174 valence electrons. The lowest BCUT2D eigenvalue weighted by Gasteiger charge is -2.16. The second-order valence-electron chi connectivity index (χ2n) is 7.57. The molecule has 3 amide bonds. The molecule has 4 rings (SSSR count). The molecule has 0 saturated carbocycles. The maximum absolute atomic E-state index is 12.6. The van der Waals surface area contributed by atoms with Crippen LogP contribution >= 0.6 is 23.1 Å². The number of hydrogen-bond donors (Lipinski definition) is 2. The van der Waals surface area contributed by atoms with Crippen molar-refractivity contribution in [3.63, 3.8) is 0 Å². The van der Waals surface area contributed by atoms with Crippen LogP contribution in [0.25, 0.3) is 0 Å². The number of rotatable bonds is 8. The summed E-state index contributed by atoms with van der Waals surface area (Å²) in [5, 5.41) is 13.8. The lowest BCUT2D eigenvalue weighted by atomic mass is 10.1. The predicted octanol–water partition coefficient (Wildman–Crippen LogP) is 3.46. The SMILES string of the molecule is CC(=O)c1ccc(NC(=O)CSc2nnc(NC(=O)C3CC(=O)N(c4ccccc4)C3)s2)cc1. The maximum atomic E-state index is 12.6. The van der Waals surface area contributed by atoms with Gasteiger partial charge in [-0.15, -0.1) is 10.2 Å². The monoisotopic (exact) mass is 495 g/mol. The Hall–Kier alpha value is -3.57. The quantitative estimate of drug-likeness (QED) is 0.279. The Bertz CT molecular complexity index is 1210. The number of carbonyl (C=O) groups excluding carboxylic acids is 4. The summed E-state index contributed by atoms with van der Waals surface area (Å²) >= 11 is 2.36. The highest BCUT2D eigenvalue weighted by molar-refractivity contribution is 8.01. The van der Waals surface area contributed by atoms with Gasteiger partial charge < -0.3 is 15.5 Å². The Balaban J connectivity index is 1.25. The summed E-state index contributed by atoms with van der Waals surface area (Å²) in [5.41, 5.74) is 1.94. The summed E-state index contributed by atoms with van der Waals surface area (Å²) in [6.45, 7) is 1.79. The number of amides is 3. The van der Waals surface area contributed by atoms with Gasteiger partial charge in [-0.2, -0.15) is 0 Å². The summed E-state index contributed by atoms with van der Waals surface area (Å²) in [4.78, 5) is 50.1. The van der Waals surface area contributed by atoms with Gasteiger partial charge in [0.05, 0.1) is 11.7 Å². The van der Waals surface area contributed by atoms with Gasteiger partial charge in [-0.1, -0.05) is 41.3 Å². The van der Waals surface area contributed by atoms with Crippen LogP contribution in [-0.2, 0) is 14.4 Å². The number of nitrogens with zero attached hydrogens (tertiary/aromatic N) is 3. The van der Waals surface area contributed by atoms with Crippen molar-refractivity contribution >= 4 is 63.1 Å². The van der Waals surface area contributed by atoms with E-state index in [9.17, 15) is 19.2 Å². The van der Waals surface area contributed by atoms with Crippen LogP contribution in [-0.4, -0.2) is 46.0 Å². The molecule has 0 bridgehead atoms. The van der Waals surface area contributed by atoms with Gasteiger partial charge in [0.2, 0.25) is 22.9 Å². The third-order valence-corrected chi connectivity index (χ3v) is 7.07. The van der Waals surface area contributed by atoms with E-state index in [2.05, 4.69) is 20.8 Å². The van der Waals surface area contributed by atoms with Gasteiger partial charge in [-0.3, -0.25) is 19.2 Å². The Kier molecular flexibility index (Phi) is 7.33. The molecule has 9 nitrogen and oxygen atoms in total. The highest BCUT2D eigenvalue weighted by Crippen LogP contribution is 2.28. The number of para-hydroxylation sites is 1. The third kappa shape index (κ3) is 5.86. The minimum Gasteiger partial charge on any atom is -0.325 e. The van der Waals surface area contributed by atoms with Crippen LogP contribution in [0.1, 0.15) is 23.7 Å². The van der Waals surface area contributed by atoms with E-state index in [0.29, 0.717) is 27.3 Å². The standard InChI is InChI=1S/C23H21N5O4S2/c1-14(29)15-7-9-17(10-8-15)24-19(30)13-33-23-27-26-22(34-23)25-21(32)16-11-20(31)28(12-16)18-5-3-2-4-6-18/h2-10,16H,11-13H2,1H3,(H,24,30)(H,25,26,32). The summed E-state index contributed by atoms with van der Waals surface area (Å²) < 4.78 is 0.533. The number of thioether (sulfide) groups is 1. The van der Waals surface area contributed by atoms with Crippen molar-refractivity contribution in [2.45, 2.75) is 17.7 Å². The normalized spacial score (nSPS) is 15.3. The van der Waals surface area contributed by atoms with Gasteiger partial charge in [0.15, 0.2) is 10.1 Å². The molecule has 2 heterocycles. The number of carbonyl (C=O) groups is 4. The number of hydrogen-bond acceptors (Lipinski definition) is 8. The van der Waals surface area contributed by atoms with Crippen LogP contribution in [0.3, 0.4) is 0 Å². The van der Waals surface area contributed by atoms with Crippen molar-refractivity contribution in [1.82, 2.24) is 10.2 Å². The largest absolute Gasteiger partial charge is 0.325 e.